The standard InChI is InChI=1S/C9H18NO4P/c1-7(2)13-15(12,14-8(3)4)10-6-5-9(10)11/h7-8H,5-6H2,1-4H3. The van der Waals surface area contributed by atoms with Crippen LogP contribution < -0.4 is 0 Å². The second kappa shape index (κ2) is 4.64. The van der Waals surface area contributed by atoms with Crippen LogP contribution in [-0.4, -0.2) is 29.3 Å². The first kappa shape index (κ1) is 12.7. The number of rotatable bonds is 5. The van der Waals surface area contributed by atoms with Gasteiger partial charge >= 0.3 is 7.75 Å². The van der Waals surface area contributed by atoms with E-state index in [0.717, 1.165) is 0 Å². The van der Waals surface area contributed by atoms with Gasteiger partial charge in [-0.2, -0.15) is 0 Å². The van der Waals surface area contributed by atoms with E-state index in [1.165, 1.54) is 4.67 Å². The maximum absolute atomic E-state index is 12.3. The van der Waals surface area contributed by atoms with E-state index in [1.54, 1.807) is 27.7 Å². The summed E-state index contributed by atoms with van der Waals surface area (Å²) in [5, 5.41) is 0. The molecule has 0 N–H and O–H groups in total. The third-order valence-electron chi connectivity index (χ3n) is 1.81. The second-order valence-corrected chi connectivity index (χ2v) is 5.89. The fourth-order valence-electron chi connectivity index (χ4n) is 1.23. The number of carbonyl (C=O) groups excluding carboxylic acids is 1. The van der Waals surface area contributed by atoms with Gasteiger partial charge in [0.15, 0.2) is 0 Å². The van der Waals surface area contributed by atoms with E-state index >= 15 is 0 Å². The molecule has 5 nitrogen and oxygen atoms in total. The third-order valence-corrected chi connectivity index (χ3v) is 4.20. The van der Waals surface area contributed by atoms with Crippen LogP contribution in [0.5, 0.6) is 0 Å². The zero-order chi connectivity index (χ0) is 11.6. The zero-order valence-electron chi connectivity index (χ0n) is 9.60. The lowest BCUT2D eigenvalue weighted by molar-refractivity contribution is -0.135. The van der Waals surface area contributed by atoms with Gasteiger partial charge in [0.05, 0.1) is 12.2 Å². The first-order chi connectivity index (χ1) is 6.85. The number of hydrogen-bond donors (Lipinski definition) is 0. The van der Waals surface area contributed by atoms with Gasteiger partial charge in [-0.25, -0.2) is 9.24 Å². The molecule has 1 aliphatic rings. The van der Waals surface area contributed by atoms with E-state index in [2.05, 4.69) is 0 Å². The van der Waals surface area contributed by atoms with E-state index in [4.69, 9.17) is 9.05 Å². The van der Waals surface area contributed by atoms with E-state index in [9.17, 15) is 9.36 Å². The highest BCUT2D eigenvalue weighted by Gasteiger charge is 2.44. The van der Waals surface area contributed by atoms with Gasteiger partial charge < -0.3 is 0 Å². The predicted octanol–water partition coefficient (Wildman–Crippen LogP) is 2.18. The monoisotopic (exact) mass is 235 g/mol. The van der Waals surface area contributed by atoms with Crippen LogP contribution in [0, 0.1) is 0 Å². The van der Waals surface area contributed by atoms with Crippen LogP contribution in [0.2, 0.25) is 0 Å². The lowest BCUT2D eigenvalue weighted by Gasteiger charge is -2.37. The molecule has 0 spiro atoms. The van der Waals surface area contributed by atoms with Gasteiger partial charge in [0.25, 0.3) is 0 Å². The molecule has 0 aromatic heterocycles. The first-order valence-corrected chi connectivity index (χ1v) is 6.62. The van der Waals surface area contributed by atoms with Crippen molar-refractivity contribution >= 4 is 13.7 Å². The summed E-state index contributed by atoms with van der Waals surface area (Å²) < 4.78 is 24.0. The third kappa shape index (κ3) is 3.03. The second-order valence-electron chi connectivity index (χ2n) is 4.04. The van der Waals surface area contributed by atoms with Crippen molar-refractivity contribution in [1.29, 1.82) is 0 Å². The molecule has 88 valence electrons. The number of amides is 1. The Kier molecular flexibility index (Phi) is 3.93. The van der Waals surface area contributed by atoms with Crippen molar-refractivity contribution in [3.05, 3.63) is 0 Å². The Morgan fingerprint density at radius 3 is 1.87 bits per heavy atom. The highest BCUT2D eigenvalue weighted by atomic mass is 31.2. The Balaban J connectivity index is 2.75. The molecule has 1 aliphatic heterocycles. The van der Waals surface area contributed by atoms with Crippen LogP contribution in [0.1, 0.15) is 34.1 Å². The molecule has 0 aliphatic carbocycles. The lowest BCUT2D eigenvalue weighted by atomic mass is 10.3. The molecule has 15 heavy (non-hydrogen) atoms. The van der Waals surface area contributed by atoms with Gasteiger partial charge in [-0.15, -0.1) is 0 Å². The SMILES string of the molecule is CC(C)OP(=O)(OC(C)C)N1CCC1=O. The van der Waals surface area contributed by atoms with Gasteiger partial charge in [0.1, 0.15) is 0 Å². The normalized spacial score (nSPS) is 17.5. The molecule has 0 saturated carbocycles. The minimum atomic E-state index is -3.41. The molecular weight excluding hydrogens is 217 g/mol. The maximum Gasteiger partial charge on any atom is 0.438 e. The molecule has 0 unspecified atom stereocenters. The van der Waals surface area contributed by atoms with E-state index < -0.39 is 7.75 Å². The molecule has 0 atom stereocenters. The summed E-state index contributed by atoms with van der Waals surface area (Å²) in [5.41, 5.74) is 0. The molecule has 1 heterocycles. The van der Waals surface area contributed by atoms with Crippen molar-refractivity contribution in [2.45, 2.75) is 46.3 Å². The van der Waals surface area contributed by atoms with Gasteiger partial charge in [-0.3, -0.25) is 13.8 Å². The Morgan fingerprint density at radius 2 is 1.67 bits per heavy atom. The average Bonchev–Trinajstić information content (AvgIpc) is 1.96. The molecule has 6 heteroatoms. The fourth-order valence-corrected chi connectivity index (χ4v) is 3.29. The summed E-state index contributed by atoms with van der Waals surface area (Å²) in [6, 6.07) is 0. The summed E-state index contributed by atoms with van der Waals surface area (Å²) in [4.78, 5) is 11.2. The highest BCUT2D eigenvalue weighted by molar-refractivity contribution is 7.52. The number of carbonyl (C=O) groups is 1. The zero-order valence-corrected chi connectivity index (χ0v) is 10.5. The summed E-state index contributed by atoms with van der Waals surface area (Å²) in [5.74, 6) is -0.167. The van der Waals surface area contributed by atoms with Crippen LogP contribution in [0.15, 0.2) is 0 Å². The molecule has 0 aromatic rings. The quantitative estimate of drug-likeness (QED) is 0.541. The Bertz CT molecular complexity index is 276. The predicted molar refractivity (Wildman–Crippen MR) is 56.4 cm³/mol. The Morgan fingerprint density at radius 1 is 1.20 bits per heavy atom. The van der Waals surface area contributed by atoms with Crippen LogP contribution in [0.3, 0.4) is 0 Å². The molecule has 1 rings (SSSR count). The summed E-state index contributed by atoms with van der Waals surface area (Å²) in [6.45, 7) is 7.51. The van der Waals surface area contributed by atoms with Crippen molar-refractivity contribution < 1.29 is 18.4 Å². The van der Waals surface area contributed by atoms with Crippen molar-refractivity contribution in [2.24, 2.45) is 0 Å². The molecule has 0 bridgehead atoms. The summed E-state index contributed by atoms with van der Waals surface area (Å²) in [6.07, 6.45) is -0.0432. The van der Waals surface area contributed by atoms with Crippen LogP contribution in [0.4, 0.5) is 0 Å². The number of nitrogens with zero attached hydrogens (tertiary/aromatic N) is 1. The first-order valence-electron chi connectivity index (χ1n) is 5.13. The van der Waals surface area contributed by atoms with Gasteiger partial charge in [-0.1, -0.05) is 0 Å². The topological polar surface area (TPSA) is 55.8 Å². The van der Waals surface area contributed by atoms with Crippen LogP contribution in [0.25, 0.3) is 0 Å². The fraction of sp³-hybridized carbons (Fsp3) is 0.889. The largest absolute Gasteiger partial charge is 0.438 e. The van der Waals surface area contributed by atoms with Crippen molar-refractivity contribution in [1.82, 2.24) is 4.67 Å². The maximum atomic E-state index is 12.3. The Labute approximate surface area is 90.3 Å². The van der Waals surface area contributed by atoms with Gasteiger partial charge in [0.2, 0.25) is 5.91 Å². The van der Waals surface area contributed by atoms with Crippen LogP contribution in [-0.2, 0) is 18.4 Å². The summed E-state index contributed by atoms with van der Waals surface area (Å²) >= 11 is 0. The lowest BCUT2D eigenvalue weighted by Crippen LogP contribution is -2.42. The smallest absolute Gasteiger partial charge is 0.289 e. The molecule has 1 fully saturated rings. The van der Waals surface area contributed by atoms with Crippen molar-refractivity contribution in [2.75, 3.05) is 6.54 Å². The molecule has 0 aromatic carbocycles. The van der Waals surface area contributed by atoms with E-state index in [-0.39, 0.29) is 18.1 Å². The van der Waals surface area contributed by atoms with Gasteiger partial charge in [0, 0.05) is 13.0 Å². The molecule has 1 saturated heterocycles. The van der Waals surface area contributed by atoms with Crippen LogP contribution >= 0.6 is 7.75 Å². The molecular formula is C9H18NO4P. The minimum Gasteiger partial charge on any atom is -0.289 e. The number of hydrogen-bond acceptors (Lipinski definition) is 4. The van der Waals surface area contributed by atoms with Gasteiger partial charge in [-0.05, 0) is 27.7 Å². The van der Waals surface area contributed by atoms with Crippen molar-refractivity contribution in [3.63, 3.8) is 0 Å². The Hall–Kier alpha value is -0.380. The average molecular weight is 235 g/mol. The molecule has 0 radical (unpaired) electrons. The molecule has 1 amide bonds. The van der Waals surface area contributed by atoms with Crippen molar-refractivity contribution in [3.8, 4) is 0 Å². The van der Waals surface area contributed by atoms with E-state index in [1.807, 2.05) is 0 Å². The number of β-lactam (4-membered cyclic amide) rings is 1. The van der Waals surface area contributed by atoms with E-state index in [0.29, 0.717) is 13.0 Å². The highest BCUT2D eigenvalue weighted by Crippen LogP contribution is 2.56. The summed E-state index contributed by atoms with van der Waals surface area (Å²) in [7, 11) is -3.41. The minimum absolute atomic E-state index is 0.167.